The lowest BCUT2D eigenvalue weighted by Crippen LogP contribution is -2.19. The number of ether oxygens (including phenoxy) is 1. The van der Waals surface area contributed by atoms with Crippen LogP contribution in [0.15, 0.2) is 47.4 Å². The molecule has 0 bridgehead atoms. The monoisotopic (exact) mass is 398 g/mol. The molecule has 0 spiro atoms. The highest BCUT2D eigenvalue weighted by Crippen LogP contribution is 2.25. The van der Waals surface area contributed by atoms with E-state index in [2.05, 4.69) is 15.4 Å². The average Bonchev–Trinajstić information content (AvgIpc) is 2.59. The maximum Gasteiger partial charge on any atom is 0.323 e. The average molecular weight is 399 g/mol. The van der Waals surface area contributed by atoms with Crippen LogP contribution in [0.25, 0.3) is 0 Å². The van der Waals surface area contributed by atoms with Gasteiger partial charge in [0.1, 0.15) is 0 Å². The number of benzene rings is 2. The van der Waals surface area contributed by atoms with E-state index in [9.17, 15) is 9.59 Å². The number of thioether (sulfide) groups is 1. The molecule has 0 saturated heterocycles. The molecule has 0 fully saturated rings. The van der Waals surface area contributed by atoms with Gasteiger partial charge in [-0.3, -0.25) is 4.79 Å². The Hall–Kier alpha value is -1.89. The molecule has 2 amide bonds. The molecular weight excluding hydrogens is 383 g/mol. The van der Waals surface area contributed by atoms with Gasteiger partial charge < -0.3 is 15.4 Å². The summed E-state index contributed by atoms with van der Waals surface area (Å²) in [6.07, 6.45) is 0.354. The van der Waals surface area contributed by atoms with Crippen LogP contribution >= 0.6 is 35.0 Å². The van der Waals surface area contributed by atoms with Gasteiger partial charge in [-0.05, 0) is 42.5 Å². The number of esters is 1. The molecule has 0 aliphatic carbocycles. The van der Waals surface area contributed by atoms with Crippen molar-refractivity contribution in [2.24, 2.45) is 0 Å². The largest absolute Gasteiger partial charge is 0.469 e. The van der Waals surface area contributed by atoms with Crippen LogP contribution in [0.4, 0.5) is 16.2 Å². The highest BCUT2D eigenvalue weighted by atomic mass is 35.5. The minimum absolute atomic E-state index is 0.232. The molecule has 0 radical (unpaired) electrons. The van der Waals surface area contributed by atoms with Gasteiger partial charge in [0.2, 0.25) is 0 Å². The number of halogens is 2. The predicted molar refractivity (Wildman–Crippen MR) is 103 cm³/mol. The van der Waals surface area contributed by atoms with Gasteiger partial charge in [-0.1, -0.05) is 23.2 Å². The Balaban J connectivity index is 1.84. The van der Waals surface area contributed by atoms with Crippen molar-refractivity contribution in [1.29, 1.82) is 0 Å². The van der Waals surface area contributed by atoms with Gasteiger partial charge in [0, 0.05) is 22.0 Å². The van der Waals surface area contributed by atoms with Gasteiger partial charge in [0.25, 0.3) is 0 Å². The second-order valence-electron chi connectivity index (χ2n) is 4.91. The predicted octanol–water partition coefficient (Wildman–Crippen LogP) is 5.29. The second kappa shape index (κ2) is 9.56. The van der Waals surface area contributed by atoms with Crippen molar-refractivity contribution in [3.05, 3.63) is 52.5 Å². The molecule has 0 atom stereocenters. The Morgan fingerprint density at radius 3 is 2.28 bits per heavy atom. The number of hydrogen-bond acceptors (Lipinski definition) is 4. The zero-order chi connectivity index (χ0) is 18.2. The van der Waals surface area contributed by atoms with E-state index in [0.717, 1.165) is 4.90 Å². The van der Waals surface area contributed by atoms with Gasteiger partial charge in [-0.25, -0.2) is 4.79 Å². The van der Waals surface area contributed by atoms with E-state index < -0.39 is 0 Å². The highest BCUT2D eigenvalue weighted by Gasteiger charge is 2.06. The normalized spacial score (nSPS) is 10.2. The molecule has 2 aromatic rings. The van der Waals surface area contributed by atoms with Crippen LogP contribution in [0.2, 0.25) is 10.0 Å². The molecule has 0 heterocycles. The summed E-state index contributed by atoms with van der Waals surface area (Å²) in [5, 5.41) is 6.19. The second-order valence-corrected chi connectivity index (χ2v) is 6.89. The van der Waals surface area contributed by atoms with Gasteiger partial charge in [0.05, 0.1) is 23.6 Å². The molecule has 0 unspecified atom stereocenters. The van der Waals surface area contributed by atoms with Crippen LogP contribution < -0.4 is 10.6 Å². The van der Waals surface area contributed by atoms with Crippen molar-refractivity contribution >= 4 is 58.3 Å². The van der Waals surface area contributed by atoms with Gasteiger partial charge in [0.15, 0.2) is 0 Å². The fraction of sp³-hybridized carbons (Fsp3) is 0.176. The zero-order valence-electron chi connectivity index (χ0n) is 13.3. The first-order valence-corrected chi connectivity index (χ1v) is 9.05. The topological polar surface area (TPSA) is 67.4 Å². The molecule has 8 heteroatoms. The van der Waals surface area contributed by atoms with Crippen LogP contribution in [0.5, 0.6) is 0 Å². The zero-order valence-corrected chi connectivity index (χ0v) is 15.7. The van der Waals surface area contributed by atoms with Crippen molar-refractivity contribution in [3.8, 4) is 0 Å². The van der Waals surface area contributed by atoms with Crippen molar-refractivity contribution in [2.75, 3.05) is 23.5 Å². The third-order valence-corrected chi connectivity index (χ3v) is 4.85. The van der Waals surface area contributed by atoms with Gasteiger partial charge in [-0.2, -0.15) is 0 Å². The summed E-state index contributed by atoms with van der Waals surface area (Å²) in [6, 6.07) is 11.8. The van der Waals surface area contributed by atoms with E-state index in [0.29, 0.717) is 33.6 Å². The minimum Gasteiger partial charge on any atom is -0.469 e. The Kier molecular flexibility index (Phi) is 7.43. The number of hydrogen-bond donors (Lipinski definition) is 2. The van der Waals surface area contributed by atoms with E-state index in [1.807, 2.05) is 12.1 Å². The summed E-state index contributed by atoms with van der Waals surface area (Å²) in [5.74, 6) is 0.404. The molecule has 132 valence electrons. The third-order valence-electron chi connectivity index (χ3n) is 3.09. The molecule has 2 rings (SSSR count). The molecule has 25 heavy (non-hydrogen) atoms. The molecule has 0 aromatic heterocycles. The van der Waals surface area contributed by atoms with Crippen LogP contribution in [0, 0.1) is 0 Å². The minimum atomic E-state index is -0.385. The Morgan fingerprint density at radius 1 is 1.00 bits per heavy atom. The number of amides is 2. The van der Waals surface area contributed by atoms with Crippen LogP contribution in [0.3, 0.4) is 0 Å². The van der Waals surface area contributed by atoms with E-state index in [1.165, 1.54) is 7.11 Å². The third kappa shape index (κ3) is 6.49. The quantitative estimate of drug-likeness (QED) is 0.512. The van der Waals surface area contributed by atoms with Gasteiger partial charge >= 0.3 is 12.0 Å². The molecule has 0 saturated carbocycles. The lowest BCUT2D eigenvalue weighted by molar-refractivity contribution is -0.140. The number of urea groups is 1. The molecule has 0 aliphatic heterocycles. The smallest absolute Gasteiger partial charge is 0.323 e. The molecular formula is C17H16Cl2N2O3S. The van der Waals surface area contributed by atoms with Crippen LogP contribution in [-0.4, -0.2) is 24.9 Å². The first kappa shape index (κ1) is 19.4. The van der Waals surface area contributed by atoms with E-state index in [-0.39, 0.29) is 12.0 Å². The maximum absolute atomic E-state index is 12.0. The molecule has 2 N–H and O–H groups in total. The summed E-state index contributed by atoms with van der Waals surface area (Å²) in [5.41, 5.74) is 1.19. The number of rotatable bonds is 6. The Labute approximate surface area is 160 Å². The number of methoxy groups -OCH3 is 1. The van der Waals surface area contributed by atoms with Crippen LogP contribution in [-0.2, 0) is 9.53 Å². The molecule has 2 aromatic carbocycles. The summed E-state index contributed by atoms with van der Waals surface area (Å²) in [6.45, 7) is 0. The van der Waals surface area contributed by atoms with Crippen molar-refractivity contribution in [3.63, 3.8) is 0 Å². The SMILES string of the molecule is COC(=O)CCSc1ccc(NC(=O)Nc2ccc(Cl)c(Cl)c2)cc1. The number of anilines is 2. The number of carbonyl (C=O) groups excluding carboxylic acids is 2. The van der Waals surface area contributed by atoms with E-state index >= 15 is 0 Å². The first-order valence-electron chi connectivity index (χ1n) is 7.30. The maximum atomic E-state index is 12.0. The van der Waals surface area contributed by atoms with E-state index in [1.54, 1.807) is 42.1 Å². The van der Waals surface area contributed by atoms with Crippen molar-refractivity contribution in [2.45, 2.75) is 11.3 Å². The number of nitrogens with one attached hydrogen (secondary N) is 2. The van der Waals surface area contributed by atoms with Crippen molar-refractivity contribution < 1.29 is 14.3 Å². The first-order chi connectivity index (χ1) is 12.0. The van der Waals surface area contributed by atoms with Gasteiger partial charge in [-0.15, -0.1) is 11.8 Å². The Morgan fingerprint density at radius 2 is 1.64 bits per heavy atom. The van der Waals surface area contributed by atoms with E-state index in [4.69, 9.17) is 23.2 Å². The summed E-state index contributed by atoms with van der Waals surface area (Å²) in [4.78, 5) is 24.0. The Bertz CT molecular complexity index is 754. The fourth-order valence-corrected chi connectivity index (χ4v) is 2.99. The summed E-state index contributed by atoms with van der Waals surface area (Å²) in [7, 11) is 1.37. The fourth-order valence-electron chi connectivity index (χ4n) is 1.86. The summed E-state index contributed by atoms with van der Waals surface area (Å²) < 4.78 is 4.59. The summed E-state index contributed by atoms with van der Waals surface area (Å²) >= 11 is 13.3. The lowest BCUT2D eigenvalue weighted by Gasteiger charge is -2.09. The number of carbonyl (C=O) groups is 2. The lowest BCUT2D eigenvalue weighted by atomic mass is 10.3. The van der Waals surface area contributed by atoms with Crippen LogP contribution in [0.1, 0.15) is 6.42 Å². The van der Waals surface area contributed by atoms with Crippen molar-refractivity contribution in [1.82, 2.24) is 0 Å². The standard InChI is InChI=1S/C17H16Cl2N2O3S/c1-24-16(22)8-9-25-13-5-2-11(3-6-13)20-17(23)21-12-4-7-14(18)15(19)10-12/h2-7,10H,8-9H2,1H3,(H2,20,21,23). The molecule has 5 nitrogen and oxygen atoms in total. The highest BCUT2D eigenvalue weighted by molar-refractivity contribution is 7.99. The molecule has 0 aliphatic rings.